The number of aliphatic hydroxyl groups is 1. The molecule has 1 aliphatic carbocycles. The number of hydrogen-bond acceptors (Lipinski definition) is 5. The summed E-state index contributed by atoms with van der Waals surface area (Å²) >= 11 is 0. The number of carbonyl (C=O) groups is 2. The third-order valence-corrected chi connectivity index (χ3v) is 8.97. The predicted octanol–water partition coefficient (Wildman–Crippen LogP) is 5.17. The Bertz CT molecular complexity index is 1160. The zero-order valence-corrected chi connectivity index (χ0v) is 23.5. The van der Waals surface area contributed by atoms with Gasteiger partial charge in [-0.05, 0) is 74.1 Å². The highest BCUT2D eigenvalue weighted by Crippen LogP contribution is 2.37. The van der Waals surface area contributed by atoms with Crippen molar-refractivity contribution in [3.05, 3.63) is 59.9 Å². The zero-order chi connectivity index (χ0) is 28.2. The van der Waals surface area contributed by atoms with Gasteiger partial charge < -0.3 is 20.1 Å². The van der Waals surface area contributed by atoms with E-state index in [0.717, 1.165) is 44.2 Å². The molecule has 8 heteroatoms. The maximum atomic E-state index is 13.8. The van der Waals surface area contributed by atoms with Crippen LogP contribution in [0, 0.1) is 5.82 Å². The highest BCUT2D eigenvalue weighted by molar-refractivity contribution is 6.00. The van der Waals surface area contributed by atoms with E-state index in [4.69, 9.17) is 4.74 Å². The van der Waals surface area contributed by atoms with E-state index >= 15 is 0 Å². The summed E-state index contributed by atoms with van der Waals surface area (Å²) in [6.07, 6.45) is 7.74. The number of nitrogens with one attached hydrogen (secondary N) is 1. The fourth-order valence-electron chi connectivity index (χ4n) is 6.59. The van der Waals surface area contributed by atoms with Crippen molar-refractivity contribution in [1.82, 2.24) is 15.1 Å². The summed E-state index contributed by atoms with van der Waals surface area (Å²) in [7, 11) is 0. The molecule has 1 saturated carbocycles. The molecule has 0 radical (unpaired) electrons. The Kier molecular flexibility index (Phi) is 8.76. The third kappa shape index (κ3) is 6.33. The molecule has 5 rings (SSSR count). The molecule has 7 nitrogen and oxygen atoms in total. The molecule has 1 spiro atoms. The molecule has 2 saturated heterocycles. The molecule has 40 heavy (non-hydrogen) atoms. The quantitative estimate of drug-likeness (QED) is 0.450. The average molecular weight is 552 g/mol. The topological polar surface area (TPSA) is 82.1 Å². The highest BCUT2D eigenvalue weighted by atomic mass is 19.1. The van der Waals surface area contributed by atoms with Crippen LogP contribution in [0.1, 0.15) is 76.7 Å². The number of nitrogens with zero attached hydrogens (tertiary/aromatic N) is 2. The van der Waals surface area contributed by atoms with Crippen LogP contribution < -0.4 is 10.1 Å². The second-order valence-electron chi connectivity index (χ2n) is 11.9. The number of amides is 2. The van der Waals surface area contributed by atoms with Crippen molar-refractivity contribution in [2.45, 2.75) is 94.9 Å². The number of piperidine rings is 1. The average Bonchev–Trinajstić information content (AvgIpc) is 2.95. The van der Waals surface area contributed by atoms with Gasteiger partial charge in [0, 0.05) is 32.6 Å². The Morgan fingerprint density at radius 2 is 1.57 bits per heavy atom. The fourth-order valence-corrected chi connectivity index (χ4v) is 6.59. The number of halogens is 1. The number of piperazine rings is 1. The molecule has 2 N–H and O–H groups in total. The molecular weight excluding hydrogens is 509 g/mol. The summed E-state index contributed by atoms with van der Waals surface area (Å²) in [6.45, 7) is 4.85. The molecule has 3 fully saturated rings. The number of likely N-dealkylation sites (tertiary alicyclic amines) is 1. The van der Waals surface area contributed by atoms with Gasteiger partial charge >= 0.3 is 0 Å². The van der Waals surface area contributed by atoms with Crippen molar-refractivity contribution in [1.29, 1.82) is 0 Å². The first-order valence-electron chi connectivity index (χ1n) is 14.9. The number of ether oxygens (including phenoxy) is 1. The lowest BCUT2D eigenvalue weighted by Gasteiger charge is -2.52. The van der Waals surface area contributed by atoms with Crippen LogP contribution in [0.2, 0.25) is 0 Å². The number of rotatable bonds is 9. The first-order valence-corrected chi connectivity index (χ1v) is 14.9. The van der Waals surface area contributed by atoms with E-state index in [-0.39, 0.29) is 17.6 Å². The maximum absolute atomic E-state index is 13.8. The predicted molar refractivity (Wildman–Crippen MR) is 151 cm³/mol. The molecule has 216 valence electrons. The van der Waals surface area contributed by atoms with Crippen LogP contribution in [0.3, 0.4) is 0 Å². The lowest BCUT2D eigenvalue weighted by Crippen LogP contribution is -2.73. The van der Waals surface area contributed by atoms with Gasteiger partial charge in [0.15, 0.2) is 0 Å². The summed E-state index contributed by atoms with van der Waals surface area (Å²) in [5.74, 6) is 0.877. The Morgan fingerprint density at radius 3 is 2.20 bits per heavy atom. The van der Waals surface area contributed by atoms with Crippen molar-refractivity contribution >= 4 is 11.8 Å². The monoisotopic (exact) mass is 551 g/mol. The molecule has 2 heterocycles. The normalized spacial score (nSPS) is 22.8. The van der Waals surface area contributed by atoms with Gasteiger partial charge in [-0.25, -0.2) is 4.39 Å². The van der Waals surface area contributed by atoms with Crippen LogP contribution in [0.4, 0.5) is 4.39 Å². The van der Waals surface area contributed by atoms with Crippen LogP contribution in [0.25, 0.3) is 0 Å². The number of benzene rings is 2. The molecule has 0 aromatic heterocycles. The molecule has 2 amide bonds. The van der Waals surface area contributed by atoms with Crippen LogP contribution in [-0.4, -0.2) is 63.5 Å². The second-order valence-corrected chi connectivity index (χ2v) is 11.9. The first kappa shape index (κ1) is 28.6. The van der Waals surface area contributed by atoms with Gasteiger partial charge in [-0.15, -0.1) is 0 Å². The maximum Gasteiger partial charge on any atom is 0.246 e. The van der Waals surface area contributed by atoms with Crippen molar-refractivity contribution in [3.8, 4) is 11.5 Å². The van der Waals surface area contributed by atoms with Gasteiger partial charge in [0.05, 0.1) is 5.60 Å². The summed E-state index contributed by atoms with van der Waals surface area (Å²) in [6, 6.07) is 13.2. The second kappa shape index (κ2) is 12.3. The van der Waals surface area contributed by atoms with E-state index in [9.17, 15) is 19.1 Å². The molecule has 2 aliphatic heterocycles. The molecular formula is C32H42FN3O4. The third-order valence-electron chi connectivity index (χ3n) is 8.97. The Labute approximate surface area is 236 Å². The van der Waals surface area contributed by atoms with Gasteiger partial charge in [0.2, 0.25) is 11.8 Å². The molecule has 2 aromatic rings. The summed E-state index contributed by atoms with van der Waals surface area (Å²) in [4.78, 5) is 31.6. The Morgan fingerprint density at radius 1 is 0.950 bits per heavy atom. The number of hydrogen-bond donors (Lipinski definition) is 2. The van der Waals surface area contributed by atoms with E-state index in [1.807, 2.05) is 29.2 Å². The molecule has 0 bridgehead atoms. The van der Waals surface area contributed by atoms with E-state index in [0.29, 0.717) is 63.2 Å². The smallest absolute Gasteiger partial charge is 0.246 e. The molecule has 0 unspecified atom stereocenters. The van der Waals surface area contributed by atoms with Crippen LogP contribution >= 0.6 is 0 Å². The van der Waals surface area contributed by atoms with Gasteiger partial charge in [0.25, 0.3) is 0 Å². The molecule has 3 aliphatic rings. The number of carbonyl (C=O) groups excluding carboxylic acids is 2. The number of unbranched alkanes of at least 4 members (excludes halogenated alkanes) is 1. The van der Waals surface area contributed by atoms with E-state index < -0.39 is 17.2 Å². The lowest BCUT2D eigenvalue weighted by atomic mass is 9.77. The van der Waals surface area contributed by atoms with Crippen molar-refractivity contribution in [2.75, 3.05) is 19.6 Å². The minimum Gasteiger partial charge on any atom is -0.457 e. The first-order chi connectivity index (χ1) is 19.3. The Hall–Kier alpha value is -2.97. The van der Waals surface area contributed by atoms with Crippen LogP contribution in [0.5, 0.6) is 11.5 Å². The van der Waals surface area contributed by atoms with Crippen molar-refractivity contribution < 1.29 is 23.8 Å². The highest BCUT2D eigenvalue weighted by Gasteiger charge is 2.54. The zero-order valence-electron chi connectivity index (χ0n) is 23.5. The van der Waals surface area contributed by atoms with E-state index in [1.165, 1.54) is 12.1 Å². The summed E-state index contributed by atoms with van der Waals surface area (Å²) in [5.41, 5.74) is -0.549. The Balaban J connectivity index is 1.21. The minimum absolute atomic E-state index is 0.0303. The van der Waals surface area contributed by atoms with E-state index in [1.54, 1.807) is 12.1 Å². The lowest BCUT2D eigenvalue weighted by molar-refractivity contribution is -0.163. The van der Waals surface area contributed by atoms with Gasteiger partial charge in [0.1, 0.15) is 28.9 Å². The van der Waals surface area contributed by atoms with Crippen molar-refractivity contribution in [3.63, 3.8) is 0 Å². The SMILES string of the molecule is CCCCN1C(=O)[C@@H](CC2(O)CCCCC2)NC(=O)C12CCN(Cc1ccc(Oc3ccc(F)cc3)cc1)CC2. The summed E-state index contributed by atoms with van der Waals surface area (Å²) < 4.78 is 18.9. The fraction of sp³-hybridized carbons (Fsp3) is 0.562. The summed E-state index contributed by atoms with van der Waals surface area (Å²) in [5, 5.41) is 14.2. The van der Waals surface area contributed by atoms with E-state index in [2.05, 4.69) is 17.1 Å². The van der Waals surface area contributed by atoms with Gasteiger partial charge in [-0.1, -0.05) is 44.7 Å². The van der Waals surface area contributed by atoms with Gasteiger partial charge in [-0.3, -0.25) is 14.5 Å². The largest absolute Gasteiger partial charge is 0.457 e. The van der Waals surface area contributed by atoms with Crippen molar-refractivity contribution in [2.24, 2.45) is 0 Å². The van der Waals surface area contributed by atoms with Crippen LogP contribution in [-0.2, 0) is 16.1 Å². The van der Waals surface area contributed by atoms with Crippen LogP contribution in [0.15, 0.2) is 48.5 Å². The molecule has 2 aromatic carbocycles. The molecule has 1 atom stereocenters. The minimum atomic E-state index is -0.865. The van der Waals surface area contributed by atoms with Gasteiger partial charge in [-0.2, -0.15) is 0 Å². The standard InChI is InChI=1S/C32H42FN3O4/c1-2-3-19-36-29(37)28(22-31(39)15-5-4-6-16-31)34-30(38)32(36)17-20-35(21-18-32)23-24-7-11-26(12-8-24)40-27-13-9-25(33)10-14-27/h7-14,28,39H,2-6,15-23H2,1H3,(H,34,38)/t28-/m1/s1.